The van der Waals surface area contributed by atoms with Gasteiger partial charge in [0.15, 0.2) is 0 Å². The molecule has 4 saturated heterocycles. The number of aromatic nitrogens is 6. The largest absolute Gasteiger partial charge is 0.371 e. The molecule has 3 aromatic heterocycles. The summed E-state index contributed by atoms with van der Waals surface area (Å²) >= 11 is 0. The van der Waals surface area contributed by atoms with Gasteiger partial charge < -0.3 is 20.4 Å². The minimum absolute atomic E-state index is 0.0130. The third-order valence-corrected chi connectivity index (χ3v) is 11.7. The number of benzene rings is 1. The summed E-state index contributed by atoms with van der Waals surface area (Å²) in [6, 6.07) is 8.43. The molecule has 0 saturated carbocycles. The highest BCUT2D eigenvalue weighted by atomic mass is 16.2. The number of piperidine rings is 4. The number of likely N-dealkylation sites (tertiary alicyclic amines) is 2. The van der Waals surface area contributed by atoms with Gasteiger partial charge in [-0.15, -0.1) is 5.10 Å². The number of rotatable bonds is 8. The second kappa shape index (κ2) is 15.1. The summed E-state index contributed by atoms with van der Waals surface area (Å²) in [4.78, 5) is 73.5. The maximum Gasteiger partial charge on any atom is 0.278 e. The quantitative estimate of drug-likeness (QED) is 0.251. The van der Waals surface area contributed by atoms with Crippen LogP contribution in [0.3, 0.4) is 0 Å². The van der Waals surface area contributed by atoms with Crippen LogP contribution < -0.4 is 21.5 Å². The van der Waals surface area contributed by atoms with Gasteiger partial charge in [0, 0.05) is 81.8 Å². The molecule has 4 amide bonds. The summed E-state index contributed by atoms with van der Waals surface area (Å²) in [6.45, 7) is 6.10. The number of hydrogen-bond acceptors (Lipinski definition) is 11. The number of hydrogen-bond donors (Lipinski definition) is 2. The molecule has 3 N–H and O–H groups in total. The molecule has 1 unspecified atom stereocenters. The Balaban J connectivity index is 0.786. The van der Waals surface area contributed by atoms with Crippen LogP contribution in [-0.4, -0.2) is 109 Å². The van der Waals surface area contributed by atoms with E-state index in [-0.39, 0.29) is 30.6 Å². The first kappa shape index (κ1) is 35.5. The lowest BCUT2D eigenvalue weighted by Crippen LogP contribution is -2.47. The molecule has 282 valence electrons. The highest BCUT2D eigenvalue weighted by molar-refractivity contribution is 5.99. The van der Waals surface area contributed by atoms with Crippen molar-refractivity contribution in [2.24, 2.45) is 17.6 Å². The third-order valence-electron chi connectivity index (χ3n) is 11.7. The highest BCUT2D eigenvalue weighted by Crippen LogP contribution is 2.30. The van der Waals surface area contributed by atoms with Crippen LogP contribution in [0.15, 0.2) is 53.7 Å². The number of anilines is 1. The Hall–Kier alpha value is -5.51. The van der Waals surface area contributed by atoms with Gasteiger partial charge in [0.2, 0.25) is 17.7 Å². The predicted octanol–water partition coefficient (Wildman–Crippen LogP) is 1.92. The van der Waals surface area contributed by atoms with Crippen molar-refractivity contribution in [1.29, 1.82) is 0 Å². The molecule has 7 heterocycles. The summed E-state index contributed by atoms with van der Waals surface area (Å²) < 4.78 is 3.13. The van der Waals surface area contributed by atoms with Gasteiger partial charge in [-0.2, -0.15) is 9.78 Å². The van der Waals surface area contributed by atoms with Gasteiger partial charge >= 0.3 is 0 Å². The lowest BCUT2D eigenvalue weighted by molar-refractivity contribution is -0.138. The first-order valence-corrected chi connectivity index (χ1v) is 19.0. The molecule has 0 spiro atoms. The summed E-state index contributed by atoms with van der Waals surface area (Å²) in [5.41, 5.74) is 8.31. The van der Waals surface area contributed by atoms with E-state index in [0.717, 1.165) is 92.9 Å². The minimum Gasteiger partial charge on any atom is -0.371 e. The number of nitrogens with one attached hydrogen (secondary N) is 1. The smallest absolute Gasteiger partial charge is 0.278 e. The second-order valence-electron chi connectivity index (χ2n) is 15.1. The molecule has 54 heavy (non-hydrogen) atoms. The van der Waals surface area contributed by atoms with E-state index in [1.165, 1.54) is 6.20 Å². The summed E-state index contributed by atoms with van der Waals surface area (Å²) in [5.74, 6) is -0.569. The first-order valence-electron chi connectivity index (χ1n) is 19.0. The van der Waals surface area contributed by atoms with Crippen LogP contribution >= 0.6 is 0 Å². The Bertz CT molecular complexity index is 2110. The van der Waals surface area contributed by atoms with Gasteiger partial charge in [-0.3, -0.25) is 39.0 Å². The van der Waals surface area contributed by atoms with E-state index >= 15 is 0 Å². The number of carbonyl (C=O) groups excluding carboxylic acids is 4. The van der Waals surface area contributed by atoms with Crippen molar-refractivity contribution < 1.29 is 19.2 Å². The number of nitrogens with two attached hydrogens (primary N) is 1. The van der Waals surface area contributed by atoms with Gasteiger partial charge in [-0.1, -0.05) is 5.21 Å². The Morgan fingerprint density at radius 2 is 1.65 bits per heavy atom. The van der Waals surface area contributed by atoms with Crippen molar-refractivity contribution in [2.75, 3.05) is 50.7 Å². The zero-order chi connectivity index (χ0) is 37.3. The average Bonchev–Trinajstić information content (AvgIpc) is 3.69. The van der Waals surface area contributed by atoms with E-state index < -0.39 is 23.4 Å². The van der Waals surface area contributed by atoms with Crippen LogP contribution in [0.4, 0.5) is 5.69 Å². The van der Waals surface area contributed by atoms with Gasteiger partial charge in [-0.25, -0.2) is 0 Å². The topological polar surface area (TPSA) is 195 Å². The van der Waals surface area contributed by atoms with Crippen LogP contribution in [-0.2, 0) is 14.4 Å². The standard InChI is InChI=1S/C38H45N11O5/c39-35(51)26-1-3-31(40-20-26)27-21-41-48(23-27)28-11-13-45(14-12-28)22-24-7-15-47(16-8-24)37(53)25-9-17-46(18-10-25)29-2-4-32-30(19-29)38(54)49(44-43-32)33-5-6-34(50)42-36(33)52/h1-4,19-21,23-25,28,33H,5-18,22H2,(H2,39,51)(H,42,50,52). The minimum atomic E-state index is -0.870. The molecule has 4 aromatic rings. The van der Waals surface area contributed by atoms with E-state index in [1.54, 1.807) is 24.3 Å². The van der Waals surface area contributed by atoms with Crippen molar-refractivity contribution in [1.82, 2.24) is 44.9 Å². The molecule has 16 heteroatoms. The number of fused-ring (bicyclic) bond motifs is 1. The van der Waals surface area contributed by atoms with Crippen molar-refractivity contribution in [3.05, 3.63) is 64.8 Å². The molecule has 4 aliphatic heterocycles. The Kier molecular flexibility index (Phi) is 9.92. The number of imide groups is 1. The maximum absolute atomic E-state index is 13.6. The molecular weight excluding hydrogens is 690 g/mol. The second-order valence-corrected chi connectivity index (χ2v) is 15.1. The van der Waals surface area contributed by atoms with E-state index in [2.05, 4.69) is 40.4 Å². The molecule has 4 aliphatic rings. The molecule has 8 rings (SSSR count). The van der Waals surface area contributed by atoms with Crippen molar-refractivity contribution in [3.8, 4) is 11.3 Å². The number of amides is 4. The SMILES string of the molecule is NC(=O)c1ccc(-c2cnn(C3CCN(CC4CCN(C(=O)C5CCN(c6ccc7nnn(C8CCC(=O)NC8=O)c(=O)c7c6)CC5)CC4)CC3)c2)nc1. The van der Waals surface area contributed by atoms with E-state index in [1.807, 2.05) is 23.1 Å². The lowest BCUT2D eigenvalue weighted by Gasteiger charge is -2.40. The van der Waals surface area contributed by atoms with E-state index in [9.17, 15) is 24.0 Å². The van der Waals surface area contributed by atoms with Gasteiger partial charge in [0.1, 0.15) is 11.6 Å². The maximum atomic E-state index is 13.6. The molecule has 16 nitrogen and oxygen atoms in total. The first-order chi connectivity index (χ1) is 26.2. The van der Waals surface area contributed by atoms with Gasteiger partial charge in [0.25, 0.3) is 11.5 Å². The van der Waals surface area contributed by atoms with Crippen LogP contribution in [0.25, 0.3) is 22.2 Å². The fourth-order valence-corrected chi connectivity index (χ4v) is 8.45. The molecule has 1 atom stereocenters. The normalized spacial score (nSPS) is 21.1. The van der Waals surface area contributed by atoms with Crippen LogP contribution in [0.2, 0.25) is 0 Å². The highest BCUT2D eigenvalue weighted by Gasteiger charge is 2.33. The average molecular weight is 736 g/mol. The van der Waals surface area contributed by atoms with Crippen LogP contribution in [0.5, 0.6) is 0 Å². The molecular formula is C38H45N11O5. The molecule has 1 aromatic carbocycles. The Morgan fingerprint density at radius 1 is 0.870 bits per heavy atom. The number of carbonyl (C=O) groups is 4. The van der Waals surface area contributed by atoms with E-state index in [4.69, 9.17) is 5.73 Å². The third kappa shape index (κ3) is 7.34. The molecule has 0 aliphatic carbocycles. The molecule has 0 radical (unpaired) electrons. The van der Waals surface area contributed by atoms with Crippen LogP contribution in [0.1, 0.15) is 73.8 Å². The zero-order valence-electron chi connectivity index (χ0n) is 30.2. The molecule has 0 bridgehead atoms. The predicted molar refractivity (Wildman–Crippen MR) is 198 cm³/mol. The molecule has 4 fully saturated rings. The van der Waals surface area contributed by atoms with Gasteiger partial charge in [-0.05, 0) is 81.2 Å². The summed E-state index contributed by atoms with van der Waals surface area (Å²) in [6.07, 6.45) is 11.3. The van der Waals surface area contributed by atoms with E-state index in [0.29, 0.717) is 41.5 Å². The zero-order valence-corrected chi connectivity index (χ0v) is 30.2. The number of nitrogens with zero attached hydrogens (tertiary/aromatic N) is 9. The van der Waals surface area contributed by atoms with Crippen molar-refractivity contribution in [2.45, 2.75) is 63.5 Å². The van der Waals surface area contributed by atoms with Crippen molar-refractivity contribution >= 4 is 40.2 Å². The van der Waals surface area contributed by atoms with Gasteiger partial charge in [0.05, 0.1) is 28.9 Å². The van der Waals surface area contributed by atoms with Crippen LogP contribution in [0, 0.1) is 11.8 Å². The summed E-state index contributed by atoms with van der Waals surface area (Å²) in [5, 5.41) is 15.4. The summed E-state index contributed by atoms with van der Waals surface area (Å²) in [7, 11) is 0. The lowest BCUT2D eigenvalue weighted by atomic mass is 9.91. The number of pyridine rings is 1. The Morgan fingerprint density at radius 3 is 2.35 bits per heavy atom. The fourth-order valence-electron chi connectivity index (χ4n) is 8.45. The fraction of sp³-hybridized carbons (Fsp3) is 0.500. The monoisotopic (exact) mass is 735 g/mol. The Labute approximate surface area is 311 Å². The number of primary amides is 1. The van der Waals surface area contributed by atoms with Crippen molar-refractivity contribution in [3.63, 3.8) is 0 Å².